The van der Waals surface area contributed by atoms with E-state index >= 15 is 0 Å². The van der Waals surface area contributed by atoms with E-state index in [0.717, 1.165) is 38.4 Å². The van der Waals surface area contributed by atoms with Crippen molar-refractivity contribution in [2.24, 2.45) is 4.99 Å². The highest BCUT2D eigenvalue weighted by atomic mass is 15.2. The molecule has 4 heteroatoms. The number of hydrogen-bond acceptors (Lipinski definition) is 2. The molecule has 0 aliphatic carbocycles. The van der Waals surface area contributed by atoms with Gasteiger partial charge in [0.2, 0.25) is 0 Å². The first-order chi connectivity index (χ1) is 10.9. The van der Waals surface area contributed by atoms with E-state index in [-0.39, 0.29) is 0 Å². The van der Waals surface area contributed by atoms with Crippen LogP contribution in [0.2, 0.25) is 0 Å². The highest BCUT2D eigenvalue weighted by Crippen LogP contribution is 2.07. The molecule has 0 amide bonds. The third kappa shape index (κ3) is 6.48. The normalized spacial score (nSPS) is 16.0. The van der Waals surface area contributed by atoms with E-state index in [1.54, 1.807) is 0 Å². The number of benzene rings is 1. The summed E-state index contributed by atoms with van der Waals surface area (Å²) in [6, 6.07) is 10.6. The Balaban J connectivity index is 1.65. The number of aliphatic imine (C=N–C) groups is 1. The topological polar surface area (TPSA) is 39.7 Å². The zero-order valence-electron chi connectivity index (χ0n) is 13.9. The summed E-state index contributed by atoms with van der Waals surface area (Å²) < 4.78 is 0. The minimum atomic E-state index is 0.900. The number of rotatable bonds is 8. The molecular weight excluding hydrogens is 272 g/mol. The van der Waals surface area contributed by atoms with Crippen molar-refractivity contribution in [2.75, 3.05) is 39.3 Å². The summed E-state index contributed by atoms with van der Waals surface area (Å²) >= 11 is 0. The number of guanidine groups is 1. The van der Waals surface area contributed by atoms with Gasteiger partial charge in [0.05, 0.1) is 0 Å². The lowest BCUT2D eigenvalue weighted by Crippen LogP contribution is -2.38. The molecule has 0 unspecified atom stereocenters. The number of nitrogens with zero attached hydrogens (tertiary/aromatic N) is 2. The Morgan fingerprint density at radius 1 is 1.14 bits per heavy atom. The first kappa shape index (κ1) is 16.8. The Bertz CT molecular complexity index is 424. The van der Waals surface area contributed by atoms with Crippen molar-refractivity contribution >= 4 is 5.96 Å². The molecule has 0 bridgehead atoms. The fourth-order valence-electron chi connectivity index (χ4n) is 2.80. The Morgan fingerprint density at radius 3 is 2.64 bits per heavy atom. The van der Waals surface area contributed by atoms with Crippen molar-refractivity contribution in [1.82, 2.24) is 15.5 Å². The molecule has 1 aromatic rings. The standard InChI is InChI=1S/C18H30N4/c1-2-19-18(20-12-8-16-22-14-6-7-15-22)21-13-11-17-9-4-3-5-10-17/h3-5,9-10H,2,6-8,11-16H2,1H3,(H2,19,20,21). The van der Waals surface area contributed by atoms with Crippen LogP contribution in [0.15, 0.2) is 35.3 Å². The Hall–Kier alpha value is -1.55. The van der Waals surface area contributed by atoms with E-state index in [2.05, 4.69) is 57.8 Å². The average molecular weight is 302 g/mol. The largest absolute Gasteiger partial charge is 0.357 e. The zero-order chi connectivity index (χ0) is 15.5. The van der Waals surface area contributed by atoms with Gasteiger partial charge in [-0.1, -0.05) is 30.3 Å². The van der Waals surface area contributed by atoms with Crippen LogP contribution in [0, 0.1) is 0 Å². The maximum atomic E-state index is 4.67. The first-order valence-corrected chi connectivity index (χ1v) is 8.67. The molecule has 1 aliphatic rings. The Labute approximate surface area is 135 Å². The summed E-state index contributed by atoms with van der Waals surface area (Å²) in [5.74, 6) is 0.944. The summed E-state index contributed by atoms with van der Waals surface area (Å²) in [6.45, 7) is 8.58. The molecule has 2 N–H and O–H groups in total. The van der Waals surface area contributed by atoms with E-state index < -0.39 is 0 Å². The third-order valence-electron chi connectivity index (χ3n) is 3.99. The van der Waals surface area contributed by atoms with Gasteiger partial charge in [-0.05, 0) is 57.8 Å². The van der Waals surface area contributed by atoms with Crippen LogP contribution in [0.4, 0.5) is 0 Å². The van der Waals surface area contributed by atoms with E-state index in [1.807, 2.05) is 0 Å². The lowest BCUT2D eigenvalue weighted by molar-refractivity contribution is 0.336. The molecule has 1 saturated heterocycles. The molecule has 0 radical (unpaired) electrons. The number of likely N-dealkylation sites (tertiary alicyclic amines) is 1. The van der Waals surface area contributed by atoms with Crippen LogP contribution in [-0.2, 0) is 6.42 Å². The van der Waals surface area contributed by atoms with E-state index in [9.17, 15) is 0 Å². The van der Waals surface area contributed by atoms with E-state index in [0.29, 0.717) is 0 Å². The third-order valence-corrected chi connectivity index (χ3v) is 3.99. The Kier molecular flexibility index (Phi) is 7.81. The summed E-state index contributed by atoms with van der Waals surface area (Å²) in [5, 5.41) is 6.75. The lowest BCUT2D eigenvalue weighted by atomic mass is 10.1. The molecule has 1 aromatic carbocycles. The molecule has 1 fully saturated rings. The van der Waals surface area contributed by atoms with Gasteiger partial charge in [0, 0.05) is 19.6 Å². The molecule has 1 aliphatic heterocycles. The van der Waals surface area contributed by atoms with Gasteiger partial charge in [0.15, 0.2) is 5.96 Å². The summed E-state index contributed by atoms with van der Waals surface area (Å²) in [5.41, 5.74) is 1.36. The molecule has 0 saturated carbocycles. The molecular formula is C18H30N4. The highest BCUT2D eigenvalue weighted by molar-refractivity contribution is 5.79. The smallest absolute Gasteiger partial charge is 0.191 e. The summed E-state index contributed by atoms with van der Waals surface area (Å²) in [7, 11) is 0. The van der Waals surface area contributed by atoms with Crippen LogP contribution >= 0.6 is 0 Å². The maximum Gasteiger partial charge on any atom is 0.191 e. The van der Waals surface area contributed by atoms with Gasteiger partial charge in [-0.25, -0.2) is 0 Å². The first-order valence-electron chi connectivity index (χ1n) is 8.67. The van der Waals surface area contributed by atoms with Crippen molar-refractivity contribution < 1.29 is 0 Å². The number of hydrogen-bond donors (Lipinski definition) is 2. The molecule has 1 heterocycles. The van der Waals surface area contributed by atoms with E-state index in [1.165, 1.54) is 38.0 Å². The minimum Gasteiger partial charge on any atom is -0.357 e. The van der Waals surface area contributed by atoms with Gasteiger partial charge in [0.1, 0.15) is 0 Å². The predicted octanol–water partition coefficient (Wildman–Crippen LogP) is 2.27. The van der Waals surface area contributed by atoms with Crippen LogP contribution in [-0.4, -0.2) is 50.1 Å². The van der Waals surface area contributed by atoms with Crippen molar-refractivity contribution in [1.29, 1.82) is 0 Å². The molecule has 0 aromatic heterocycles. The average Bonchev–Trinajstić information content (AvgIpc) is 3.06. The molecule has 0 spiro atoms. The predicted molar refractivity (Wildman–Crippen MR) is 94.4 cm³/mol. The second-order valence-corrected chi connectivity index (χ2v) is 5.83. The second kappa shape index (κ2) is 10.2. The molecule has 2 rings (SSSR count). The summed E-state index contributed by atoms with van der Waals surface area (Å²) in [4.78, 5) is 7.22. The van der Waals surface area contributed by atoms with Crippen molar-refractivity contribution in [3.05, 3.63) is 35.9 Å². The fraction of sp³-hybridized carbons (Fsp3) is 0.611. The van der Waals surface area contributed by atoms with Gasteiger partial charge in [-0.15, -0.1) is 0 Å². The van der Waals surface area contributed by atoms with Gasteiger partial charge in [0.25, 0.3) is 0 Å². The SMILES string of the molecule is CCNC(=NCCCN1CCCC1)NCCc1ccccc1. The zero-order valence-corrected chi connectivity index (χ0v) is 13.9. The van der Waals surface area contributed by atoms with Gasteiger partial charge >= 0.3 is 0 Å². The quantitative estimate of drug-likeness (QED) is 0.440. The highest BCUT2D eigenvalue weighted by Gasteiger charge is 2.09. The maximum absolute atomic E-state index is 4.67. The lowest BCUT2D eigenvalue weighted by Gasteiger charge is -2.14. The van der Waals surface area contributed by atoms with E-state index in [4.69, 9.17) is 0 Å². The van der Waals surface area contributed by atoms with Crippen LogP contribution in [0.3, 0.4) is 0 Å². The van der Waals surface area contributed by atoms with Crippen molar-refractivity contribution in [3.8, 4) is 0 Å². The second-order valence-electron chi connectivity index (χ2n) is 5.83. The van der Waals surface area contributed by atoms with Crippen LogP contribution < -0.4 is 10.6 Å². The van der Waals surface area contributed by atoms with Gasteiger partial charge in [-0.2, -0.15) is 0 Å². The Morgan fingerprint density at radius 2 is 1.91 bits per heavy atom. The monoisotopic (exact) mass is 302 g/mol. The van der Waals surface area contributed by atoms with Crippen LogP contribution in [0.25, 0.3) is 0 Å². The molecule has 22 heavy (non-hydrogen) atoms. The fourth-order valence-corrected chi connectivity index (χ4v) is 2.80. The van der Waals surface area contributed by atoms with Gasteiger partial charge < -0.3 is 15.5 Å². The molecule has 0 atom stereocenters. The van der Waals surface area contributed by atoms with Crippen LogP contribution in [0.1, 0.15) is 31.7 Å². The van der Waals surface area contributed by atoms with Gasteiger partial charge in [-0.3, -0.25) is 4.99 Å². The molecule has 122 valence electrons. The van der Waals surface area contributed by atoms with Crippen molar-refractivity contribution in [3.63, 3.8) is 0 Å². The summed E-state index contributed by atoms with van der Waals surface area (Å²) in [6.07, 6.45) is 4.91. The van der Waals surface area contributed by atoms with Crippen LogP contribution in [0.5, 0.6) is 0 Å². The van der Waals surface area contributed by atoms with Crippen molar-refractivity contribution in [2.45, 2.75) is 32.6 Å². The minimum absolute atomic E-state index is 0.900. The molecule has 4 nitrogen and oxygen atoms in total. The number of nitrogens with one attached hydrogen (secondary N) is 2.